The highest BCUT2D eigenvalue weighted by atomic mass is 15.2. The van der Waals surface area contributed by atoms with Crippen molar-refractivity contribution in [3.8, 4) is 0 Å². The van der Waals surface area contributed by atoms with Crippen molar-refractivity contribution in [1.29, 1.82) is 0 Å². The summed E-state index contributed by atoms with van der Waals surface area (Å²) in [6.07, 6.45) is 8.65. The van der Waals surface area contributed by atoms with Crippen LogP contribution >= 0.6 is 0 Å². The van der Waals surface area contributed by atoms with Crippen LogP contribution in [0.1, 0.15) is 38.5 Å². The number of hydrogen-bond donors (Lipinski definition) is 1. The molecule has 0 bridgehead atoms. The molecule has 1 N–H and O–H groups in total. The van der Waals surface area contributed by atoms with Crippen molar-refractivity contribution in [2.24, 2.45) is 5.92 Å². The van der Waals surface area contributed by atoms with Crippen LogP contribution in [-0.4, -0.2) is 62.7 Å². The second kappa shape index (κ2) is 8.13. The predicted molar refractivity (Wildman–Crippen MR) is 78.0 cm³/mol. The van der Waals surface area contributed by atoms with E-state index in [4.69, 9.17) is 0 Å². The van der Waals surface area contributed by atoms with Crippen molar-refractivity contribution in [3.05, 3.63) is 0 Å². The van der Waals surface area contributed by atoms with Crippen LogP contribution in [0.4, 0.5) is 0 Å². The van der Waals surface area contributed by atoms with Gasteiger partial charge in [-0.3, -0.25) is 0 Å². The Hall–Kier alpha value is -0.120. The molecule has 3 heteroatoms. The molecule has 1 saturated heterocycles. The van der Waals surface area contributed by atoms with Crippen LogP contribution in [0.3, 0.4) is 0 Å². The first kappa shape index (κ1) is 14.3. The molecule has 0 spiro atoms. The molecular weight excluding hydrogens is 222 g/mol. The predicted octanol–water partition coefficient (Wildman–Crippen LogP) is 1.79. The van der Waals surface area contributed by atoms with Crippen LogP contribution < -0.4 is 5.32 Å². The second-order valence-corrected chi connectivity index (χ2v) is 6.21. The molecule has 0 aromatic heterocycles. The van der Waals surface area contributed by atoms with Crippen molar-refractivity contribution in [2.75, 3.05) is 52.9 Å². The van der Waals surface area contributed by atoms with Crippen LogP contribution in [0.5, 0.6) is 0 Å². The number of piperazine rings is 1. The summed E-state index contributed by atoms with van der Waals surface area (Å²) in [7, 11) is 2.23. The van der Waals surface area contributed by atoms with Gasteiger partial charge in [-0.2, -0.15) is 0 Å². The SMILES string of the molecule is CN1CCN(CCCNCC2CCCCC2)CC1. The first-order valence-corrected chi connectivity index (χ1v) is 7.96. The maximum absolute atomic E-state index is 3.67. The number of nitrogens with one attached hydrogen (secondary N) is 1. The van der Waals surface area contributed by atoms with E-state index in [0.29, 0.717) is 0 Å². The zero-order chi connectivity index (χ0) is 12.6. The fraction of sp³-hybridized carbons (Fsp3) is 1.00. The van der Waals surface area contributed by atoms with Gasteiger partial charge in [-0.15, -0.1) is 0 Å². The van der Waals surface area contributed by atoms with Gasteiger partial charge in [0.1, 0.15) is 0 Å². The van der Waals surface area contributed by atoms with E-state index in [1.54, 1.807) is 0 Å². The van der Waals surface area contributed by atoms with Crippen molar-refractivity contribution < 1.29 is 0 Å². The Balaban J connectivity index is 1.43. The van der Waals surface area contributed by atoms with Gasteiger partial charge in [-0.1, -0.05) is 19.3 Å². The van der Waals surface area contributed by atoms with E-state index in [-0.39, 0.29) is 0 Å². The monoisotopic (exact) mass is 253 g/mol. The van der Waals surface area contributed by atoms with Crippen LogP contribution in [0.25, 0.3) is 0 Å². The number of hydrogen-bond acceptors (Lipinski definition) is 3. The maximum atomic E-state index is 3.67. The van der Waals surface area contributed by atoms with E-state index in [9.17, 15) is 0 Å². The quantitative estimate of drug-likeness (QED) is 0.728. The third kappa shape index (κ3) is 5.25. The highest BCUT2D eigenvalue weighted by Gasteiger charge is 2.14. The molecule has 0 amide bonds. The molecule has 1 aliphatic carbocycles. The molecule has 0 radical (unpaired) electrons. The summed E-state index contributed by atoms with van der Waals surface area (Å²) in [5.41, 5.74) is 0. The zero-order valence-electron chi connectivity index (χ0n) is 12.2. The summed E-state index contributed by atoms with van der Waals surface area (Å²) in [5, 5.41) is 3.67. The molecule has 2 aliphatic rings. The van der Waals surface area contributed by atoms with E-state index in [1.807, 2.05) is 0 Å². The Morgan fingerprint density at radius 1 is 1.00 bits per heavy atom. The lowest BCUT2D eigenvalue weighted by atomic mass is 9.89. The Bertz CT molecular complexity index is 206. The van der Waals surface area contributed by atoms with Crippen molar-refractivity contribution in [2.45, 2.75) is 38.5 Å². The summed E-state index contributed by atoms with van der Waals surface area (Å²) in [6, 6.07) is 0. The standard InChI is InChI=1S/C15H31N3/c1-17-10-12-18(13-11-17)9-5-8-16-14-15-6-3-2-4-7-15/h15-16H,2-14H2,1H3. The van der Waals surface area contributed by atoms with Gasteiger partial charge in [0.2, 0.25) is 0 Å². The highest BCUT2D eigenvalue weighted by molar-refractivity contribution is 4.70. The number of rotatable bonds is 6. The maximum Gasteiger partial charge on any atom is 0.0110 e. The molecule has 0 unspecified atom stereocenters. The topological polar surface area (TPSA) is 18.5 Å². The van der Waals surface area contributed by atoms with Gasteiger partial charge in [0, 0.05) is 26.2 Å². The van der Waals surface area contributed by atoms with E-state index in [0.717, 1.165) is 5.92 Å². The Kier molecular flexibility index (Phi) is 6.46. The summed E-state index contributed by atoms with van der Waals surface area (Å²) < 4.78 is 0. The van der Waals surface area contributed by atoms with Gasteiger partial charge in [-0.25, -0.2) is 0 Å². The third-order valence-corrected chi connectivity index (χ3v) is 4.58. The molecule has 0 atom stereocenters. The lowest BCUT2D eigenvalue weighted by Crippen LogP contribution is -2.45. The average molecular weight is 253 g/mol. The molecule has 2 fully saturated rings. The highest BCUT2D eigenvalue weighted by Crippen LogP contribution is 2.22. The van der Waals surface area contributed by atoms with E-state index in [2.05, 4.69) is 22.2 Å². The van der Waals surface area contributed by atoms with Crippen LogP contribution in [0.15, 0.2) is 0 Å². The van der Waals surface area contributed by atoms with E-state index < -0.39 is 0 Å². The Morgan fingerprint density at radius 2 is 1.72 bits per heavy atom. The fourth-order valence-electron chi connectivity index (χ4n) is 3.20. The molecule has 0 aromatic carbocycles. The minimum Gasteiger partial charge on any atom is -0.316 e. The van der Waals surface area contributed by atoms with E-state index in [1.165, 1.54) is 84.3 Å². The van der Waals surface area contributed by atoms with Gasteiger partial charge in [0.05, 0.1) is 0 Å². The van der Waals surface area contributed by atoms with Gasteiger partial charge < -0.3 is 15.1 Å². The molecule has 0 aromatic rings. The van der Waals surface area contributed by atoms with Gasteiger partial charge in [-0.05, 0) is 51.9 Å². The second-order valence-electron chi connectivity index (χ2n) is 6.21. The Labute approximate surface area is 113 Å². The van der Waals surface area contributed by atoms with Crippen molar-refractivity contribution in [3.63, 3.8) is 0 Å². The average Bonchev–Trinajstić information content (AvgIpc) is 2.42. The summed E-state index contributed by atoms with van der Waals surface area (Å²) in [6.45, 7) is 8.78. The first-order valence-electron chi connectivity index (χ1n) is 7.96. The summed E-state index contributed by atoms with van der Waals surface area (Å²) in [5.74, 6) is 0.974. The zero-order valence-corrected chi connectivity index (χ0v) is 12.2. The minimum atomic E-state index is 0.974. The van der Waals surface area contributed by atoms with Crippen LogP contribution in [0, 0.1) is 5.92 Å². The Morgan fingerprint density at radius 3 is 2.44 bits per heavy atom. The molecule has 3 nitrogen and oxygen atoms in total. The lowest BCUT2D eigenvalue weighted by Gasteiger charge is -2.32. The van der Waals surface area contributed by atoms with Gasteiger partial charge in [0.25, 0.3) is 0 Å². The number of likely N-dealkylation sites (N-methyl/N-ethyl adjacent to an activating group) is 1. The number of nitrogens with zero attached hydrogens (tertiary/aromatic N) is 2. The normalized spacial score (nSPS) is 24.5. The van der Waals surface area contributed by atoms with E-state index >= 15 is 0 Å². The van der Waals surface area contributed by atoms with Crippen LogP contribution in [-0.2, 0) is 0 Å². The molecule has 18 heavy (non-hydrogen) atoms. The smallest absolute Gasteiger partial charge is 0.0110 e. The fourth-order valence-corrected chi connectivity index (χ4v) is 3.20. The third-order valence-electron chi connectivity index (χ3n) is 4.58. The lowest BCUT2D eigenvalue weighted by molar-refractivity contribution is 0.152. The van der Waals surface area contributed by atoms with Crippen molar-refractivity contribution >= 4 is 0 Å². The molecule has 1 heterocycles. The molecular formula is C15H31N3. The minimum absolute atomic E-state index is 0.974. The largest absolute Gasteiger partial charge is 0.316 e. The first-order chi connectivity index (χ1) is 8.84. The van der Waals surface area contributed by atoms with Crippen molar-refractivity contribution in [1.82, 2.24) is 15.1 Å². The summed E-state index contributed by atoms with van der Waals surface area (Å²) >= 11 is 0. The summed E-state index contributed by atoms with van der Waals surface area (Å²) in [4.78, 5) is 5.04. The molecule has 106 valence electrons. The van der Waals surface area contributed by atoms with Gasteiger partial charge in [0.15, 0.2) is 0 Å². The molecule has 1 aliphatic heterocycles. The molecule has 2 rings (SSSR count). The molecule has 1 saturated carbocycles. The van der Waals surface area contributed by atoms with Gasteiger partial charge >= 0.3 is 0 Å². The van der Waals surface area contributed by atoms with Crippen LogP contribution in [0.2, 0.25) is 0 Å².